The maximum absolute atomic E-state index is 5.86. The molecule has 0 saturated carbocycles. The van der Waals surface area contributed by atoms with E-state index in [0.717, 1.165) is 37.9 Å². The Morgan fingerprint density at radius 2 is 2.00 bits per heavy atom. The lowest BCUT2D eigenvalue weighted by molar-refractivity contribution is 0.0485. The Labute approximate surface area is 129 Å². The topological polar surface area (TPSA) is 24.5 Å². The quantitative estimate of drug-likeness (QED) is 0.871. The smallest absolute Gasteiger partial charge is 0.119 e. The zero-order valence-electron chi connectivity index (χ0n) is 13.9. The lowest BCUT2D eigenvalue weighted by Gasteiger charge is -2.46. The van der Waals surface area contributed by atoms with Crippen molar-refractivity contribution in [3.63, 3.8) is 0 Å². The van der Waals surface area contributed by atoms with Crippen LogP contribution in [0.1, 0.15) is 34.1 Å². The molecule has 1 unspecified atom stereocenters. The van der Waals surface area contributed by atoms with Crippen LogP contribution in [0.15, 0.2) is 30.3 Å². The van der Waals surface area contributed by atoms with Gasteiger partial charge in [0.25, 0.3) is 0 Å². The highest BCUT2D eigenvalue weighted by atomic mass is 16.5. The van der Waals surface area contributed by atoms with Crippen LogP contribution < -0.4 is 10.1 Å². The van der Waals surface area contributed by atoms with E-state index in [0.29, 0.717) is 6.04 Å². The first kappa shape index (κ1) is 16.3. The molecule has 1 saturated heterocycles. The van der Waals surface area contributed by atoms with E-state index in [1.54, 1.807) is 0 Å². The van der Waals surface area contributed by atoms with E-state index in [2.05, 4.69) is 37.9 Å². The second-order valence-electron chi connectivity index (χ2n) is 7.13. The third kappa shape index (κ3) is 5.01. The van der Waals surface area contributed by atoms with E-state index < -0.39 is 0 Å². The fourth-order valence-corrected chi connectivity index (χ4v) is 2.99. The third-order valence-electron chi connectivity index (χ3n) is 4.25. The number of nitrogens with one attached hydrogen (secondary N) is 1. The number of benzene rings is 1. The zero-order chi connectivity index (χ0) is 15.3. The number of hydrogen-bond acceptors (Lipinski definition) is 3. The molecule has 0 aromatic heterocycles. The second kappa shape index (κ2) is 7.28. The predicted molar refractivity (Wildman–Crippen MR) is 88.8 cm³/mol. The molecule has 1 fully saturated rings. The standard InChI is InChI=1S/C18H30N2O/c1-15(2)12-16-13-20(18(3,4)14-19-16)10-11-21-17-8-6-5-7-9-17/h5-9,15-16,19H,10-14H2,1-4H3. The molecule has 0 aliphatic carbocycles. The van der Waals surface area contributed by atoms with Gasteiger partial charge >= 0.3 is 0 Å². The minimum absolute atomic E-state index is 0.202. The summed E-state index contributed by atoms with van der Waals surface area (Å²) in [5.74, 6) is 1.70. The Morgan fingerprint density at radius 1 is 1.29 bits per heavy atom. The number of ether oxygens (including phenoxy) is 1. The molecule has 0 amide bonds. The summed E-state index contributed by atoms with van der Waals surface area (Å²) in [6, 6.07) is 10.7. The SMILES string of the molecule is CC(C)CC1CN(CCOc2ccccc2)C(C)(C)CN1. The van der Waals surface area contributed by atoms with Gasteiger partial charge in [-0.3, -0.25) is 4.90 Å². The molecular weight excluding hydrogens is 260 g/mol. The zero-order valence-corrected chi connectivity index (χ0v) is 13.9. The Morgan fingerprint density at radius 3 is 2.67 bits per heavy atom. The highest BCUT2D eigenvalue weighted by molar-refractivity contribution is 5.20. The Hall–Kier alpha value is -1.06. The van der Waals surface area contributed by atoms with Crippen LogP contribution in [0.3, 0.4) is 0 Å². The molecule has 1 aliphatic heterocycles. The van der Waals surface area contributed by atoms with Gasteiger partial charge in [-0.25, -0.2) is 0 Å². The average Bonchev–Trinajstić information content (AvgIpc) is 2.43. The Balaban J connectivity index is 1.83. The first-order valence-electron chi connectivity index (χ1n) is 8.13. The third-order valence-corrected chi connectivity index (χ3v) is 4.25. The summed E-state index contributed by atoms with van der Waals surface area (Å²) in [7, 11) is 0. The van der Waals surface area contributed by atoms with Gasteiger partial charge in [0, 0.05) is 31.2 Å². The summed E-state index contributed by atoms with van der Waals surface area (Å²) in [5, 5.41) is 3.70. The minimum Gasteiger partial charge on any atom is -0.492 e. The van der Waals surface area contributed by atoms with Gasteiger partial charge in [0.1, 0.15) is 12.4 Å². The molecule has 1 heterocycles. The van der Waals surface area contributed by atoms with Gasteiger partial charge in [-0.2, -0.15) is 0 Å². The molecule has 3 heteroatoms. The summed E-state index contributed by atoms with van der Waals surface area (Å²) >= 11 is 0. The van der Waals surface area contributed by atoms with Crippen molar-refractivity contribution >= 4 is 0 Å². The maximum atomic E-state index is 5.86. The van der Waals surface area contributed by atoms with Crippen molar-refractivity contribution in [2.75, 3.05) is 26.2 Å². The van der Waals surface area contributed by atoms with Gasteiger partial charge in [-0.05, 0) is 38.3 Å². The van der Waals surface area contributed by atoms with E-state index in [9.17, 15) is 0 Å². The van der Waals surface area contributed by atoms with Gasteiger partial charge < -0.3 is 10.1 Å². The van der Waals surface area contributed by atoms with Crippen LogP contribution in [-0.4, -0.2) is 42.7 Å². The van der Waals surface area contributed by atoms with E-state index in [1.165, 1.54) is 6.42 Å². The minimum atomic E-state index is 0.202. The summed E-state index contributed by atoms with van der Waals surface area (Å²) in [6.07, 6.45) is 1.24. The molecule has 1 N–H and O–H groups in total. The van der Waals surface area contributed by atoms with Crippen molar-refractivity contribution in [3.8, 4) is 5.75 Å². The lowest BCUT2D eigenvalue weighted by atomic mass is 9.94. The van der Waals surface area contributed by atoms with E-state index in [4.69, 9.17) is 4.74 Å². The molecule has 0 spiro atoms. The van der Waals surface area contributed by atoms with Crippen LogP contribution in [0.2, 0.25) is 0 Å². The van der Waals surface area contributed by atoms with Crippen molar-refractivity contribution in [3.05, 3.63) is 30.3 Å². The van der Waals surface area contributed by atoms with Crippen LogP contribution in [0.4, 0.5) is 0 Å². The molecule has 1 atom stereocenters. The molecular formula is C18H30N2O. The molecule has 0 bridgehead atoms. The molecule has 2 rings (SSSR count). The van der Waals surface area contributed by atoms with Gasteiger partial charge in [-0.1, -0.05) is 32.0 Å². The van der Waals surface area contributed by atoms with E-state index in [-0.39, 0.29) is 5.54 Å². The summed E-state index contributed by atoms with van der Waals surface area (Å²) in [6.45, 7) is 13.1. The summed E-state index contributed by atoms with van der Waals surface area (Å²) in [4.78, 5) is 2.57. The summed E-state index contributed by atoms with van der Waals surface area (Å²) < 4.78 is 5.86. The van der Waals surface area contributed by atoms with Gasteiger partial charge in [0.15, 0.2) is 0 Å². The molecule has 1 aromatic carbocycles. The molecule has 21 heavy (non-hydrogen) atoms. The highest BCUT2D eigenvalue weighted by Gasteiger charge is 2.33. The van der Waals surface area contributed by atoms with Crippen LogP contribution in [-0.2, 0) is 0 Å². The number of hydrogen-bond donors (Lipinski definition) is 1. The molecule has 1 aromatic rings. The van der Waals surface area contributed by atoms with Crippen molar-refractivity contribution < 1.29 is 4.74 Å². The average molecular weight is 290 g/mol. The van der Waals surface area contributed by atoms with E-state index in [1.807, 2.05) is 30.3 Å². The van der Waals surface area contributed by atoms with Crippen molar-refractivity contribution in [1.29, 1.82) is 0 Å². The van der Waals surface area contributed by atoms with Crippen molar-refractivity contribution in [2.45, 2.75) is 45.7 Å². The fraction of sp³-hybridized carbons (Fsp3) is 0.667. The number of piperazine rings is 1. The van der Waals surface area contributed by atoms with Gasteiger partial charge in [-0.15, -0.1) is 0 Å². The number of nitrogens with zero attached hydrogens (tertiary/aromatic N) is 1. The highest BCUT2D eigenvalue weighted by Crippen LogP contribution is 2.21. The van der Waals surface area contributed by atoms with Crippen LogP contribution in [0.5, 0.6) is 5.75 Å². The van der Waals surface area contributed by atoms with Crippen LogP contribution >= 0.6 is 0 Å². The van der Waals surface area contributed by atoms with Crippen LogP contribution in [0.25, 0.3) is 0 Å². The van der Waals surface area contributed by atoms with Crippen molar-refractivity contribution in [2.24, 2.45) is 5.92 Å². The molecule has 0 radical (unpaired) electrons. The normalized spacial score (nSPS) is 22.4. The van der Waals surface area contributed by atoms with Gasteiger partial charge in [0.05, 0.1) is 0 Å². The van der Waals surface area contributed by atoms with E-state index >= 15 is 0 Å². The fourth-order valence-electron chi connectivity index (χ4n) is 2.99. The maximum Gasteiger partial charge on any atom is 0.119 e. The Kier molecular flexibility index (Phi) is 5.65. The first-order valence-corrected chi connectivity index (χ1v) is 8.13. The largest absolute Gasteiger partial charge is 0.492 e. The monoisotopic (exact) mass is 290 g/mol. The first-order chi connectivity index (χ1) is 9.97. The molecule has 118 valence electrons. The predicted octanol–water partition coefficient (Wildman–Crippen LogP) is 3.16. The second-order valence-corrected chi connectivity index (χ2v) is 7.13. The lowest BCUT2D eigenvalue weighted by Crippen LogP contribution is -2.62. The van der Waals surface area contributed by atoms with Gasteiger partial charge in [0.2, 0.25) is 0 Å². The van der Waals surface area contributed by atoms with Crippen LogP contribution in [0, 0.1) is 5.92 Å². The van der Waals surface area contributed by atoms with Crippen molar-refractivity contribution in [1.82, 2.24) is 10.2 Å². The summed E-state index contributed by atoms with van der Waals surface area (Å²) in [5.41, 5.74) is 0.202. The number of para-hydroxylation sites is 1. The molecule has 3 nitrogen and oxygen atoms in total. The number of rotatable bonds is 6. The molecule has 1 aliphatic rings. The Bertz CT molecular complexity index is 416.